The minimum absolute atomic E-state index is 0.0268. The number of hydrogen-bond donors (Lipinski definition) is 0. The lowest BCUT2D eigenvalue weighted by Gasteiger charge is -2.36. The molecule has 3 aliphatic rings. The van der Waals surface area contributed by atoms with Gasteiger partial charge in [-0.3, -0.25) is 9.59 Å². The topological polar surface area (TPSA) is 131 Å². The zero-order valence-electron chi connectivity index (χ0n) is 32.7. The van der Waals surface area contributed by atoms with E-state index in [2.05, 4.69) is 50.7 Å². The first-order valence-electron chi connectivity index (χ1n) is 19.2. The van der Waals surface area contributed by atoms with Crippen LogP contribution in [0.5, 0.6) is 11.5 Å². The molecule has 15 heteroatoms. The molecule has 300 valence electrons. The summed E-state index contributed by atoms with van der Waals surface area (Å²) >= 11 is 0. The molecule has 0 radical (unpaired) electrons. The van der Waals surface area contributed by atoms with Gasteiger partial charge in [0, 0.05) is 119 Å². The zero-order chi connectivity index (χ0) is 40.4. The number of sulfonamides is 2. The Morgan fingerprint density at radius 1 is 0.625 bits per heavy atom. The number of nitrogens with zero attached hydrogens (tertiary/aromatic N) is 6. The van der Waals surface area contributed by atoms with E-state index in [1.54, 1.807) is 11.0 Å². The van der Waals surface area contributed by atoms with Gasteiger partial charge in [0.05, 0.1) is 9.79 Å². The first kappa shape index (κ1) is 40.9. The van der Waals surface area contributed by atoms with Crippen LogP contribution >= 0.6 is 0 Å². The van der Waals surface area contributed by atoms with Gasteiger partial charge in [-0.2, -0.15) is 8.61 Å². The third-order valence-electron chi connectivity index (χ3n) is 11.1. The first-order chi connectivity index (χ1) is 26.8. The van der Waals surface area contributed by atoms with Crippen LogP contribution in [-0.2, 0) is 29.6 Å². The molecule has 0 atom stereocenters. The minimum atomic E-state index is -4.33. The Morgan fingerprint density at radius 2 is 1.04 bits per heavy atom. The maximum atomic E-state index is 15.0. The molecule has 3 heterocycles. The van der Waals surface area contributed by atoms with Crippen LogP contribution < -0.4 is 14.5 Å². The number of carbonyl (C=O) groups excluding carboxylic acids is 2. The van der Waals surface area contributed by atoms with Gasteiger partial charge < -0.3 is 24.3 Å². The summed E-state index contributed by atoms with van der Waals surface area (Å²) in [4.78, 5) is 31.8. The van der Waals surface area contributed by atoms with Crippen LogP contribution in [0.3, 0.4) is 0 Å². The molecule has 56 heavy (non-hydrogen) atoms. The van der Waals surface area contributed by atoms with Gasteiger partial charge in [-0.15, -0.1) is 0 Å². The number of anilines is 2. The SMILES string of the molecule is C=CC(=O)N1CCN(S(=O)(=O)c2ccc(C3c4ccc(N(CC)CC)cc4Oc4cc(N(CC)CC)ccc43)c(S(=O)(=O)N3CCN(C(=O)C=C)CC3)c2)CC1. The van der Waals surface area contributed by atoms with Crippen molar-refractivity contribution >= 4 is 43.2 Å². The van der Waals surface area contributed by atoms with Crippen molar-refractivity contribution < 1.29 is 31.2 Å². The van der Waals surface area contributed by atoms with E-state index in [1.807, 2.05) is 36.4 Å². The number of hydrogen-bond acceptors (Lipinski definition) is 9. The maximum absolute atomic E-state index is 15.0. The predicted molar refractivity (Wildman–Crippen MR) is 219 cm³/mol. The molecule has 13 nitrogen and oxygen atoms in total. The van der Waals surface area contributed by atoms with E-state index < -0.39 is 26.0 Å². The van der Waals surface area contributed by atoms with Crippen LogP contribution in [0.15, 0.2) is 89.7 Å². The van der Waals surface area contributed by atoms with Gasteiger partial charge in [-0.05, 0) is 69.7 Å². The van der Waals surface area contributed by atoms with Gasteiger partial charge in [-0.1, -0.05) is 31.4 Å². The Bertz CT molecular complexity index is 2140. The van der Waals surface area contributed by atoms with Crippen LogP contribution in [0.1, 0.15) is 50.3 Å². The lowest BCUT2D eigenvalue weighted by Crippen LogP contribution is -2.50. The molecule has 0 aromatic heterocycles. The number of rotatable bonds is 13. The van der Waals surface area contributed by atoms with Crippen molar-refractivity contribution in [3.63, 3.8) is 0 Å². The molecular formula is C41H52N6O7S2. The van der Waals surface area contributed by atoms with Crippen LogP contribution in [0, 0.1) is 0 Å². The monoisotopic (exact) mass is 804 g/mol. The fourth-order valence-corrected chi connectivity index (χ4v) is 11.1. The summed E-state index contributed by atoms with van der Waals surface area (Å²) in [7, 11) is -8.51. The van der Waals surface area contributed by atoms with Crippen LogP contribution in [-0.4, -0.2) is 126 Å². The molecule has 0 spiro atoms. The quantitative estimate of drug-likeness (QED) is 0.177. The second-order valence-corrected chi connectivity index (χ2v) is 17.7. The van der Waals surface area contributed by atoms with E-state index in [4.69, 9.17) is 4.74 Å². The third-order valence-corrected chi connectivity index (χ3v) is 14.9. The minimum Gasteiger partial charge on any atom is -0.457 e. The van der Waals surface area contributed by atoms with Gasteiger partial charge in [0.15, 0.2) is 0 Å². The highest BCUT2D eigenvalue weighted by atomic mass is 32.2. The Kier molecular flexibility index (Phi) is 12.3. The molecule has 2 fully saturated rings. The first-order valence-corrected chi connectivity index (χ1v) is 22.1. The normalized spacial score (nSPS) is 16.7. The number of benzene rings is 3. The van der Waals surface area contributed by atoms with Crippen molar-refractivity contribution in [2.75, 3.05) is 88.3 Å². The highest BCUT2D eigenvalue weighted by Gasteiger charge is 2.39. The summed E-state index contributed by atoms with van der Waals surface area (Å²) in [6, 6.07) is 16.3. The van der Waals surface area contributed by atoms with Crippen molar-refractivity contribution in [3.05, 3.63) is 96.6 Å². The van der Waals surface area contributed by atoms with Crippen molar-refractivity contribution in [1.82, 2.24) is 18.4 Å². The van der Waals surface area contributed by atoms with Crippen molar-refractivity contribution in [3.8, 4) is 11.5 Å². The Balaban J connectivity index is 1.52. The van der Waals surface area contributed by atoms with Gasteiger partial charge in [0.2, 0.25) is 31.9 Å². The molecule has 3 aromatic rings. The van der Waals surface area contributed by atoms with Crippen molar-refractivity contribution in [2.24, 2.45) is 0 Å². The summed E-state index contributed by atoms with van der Waals surface area (Å²) in [5.41, 5.74) is 3.84. The smallest absolute Gasteiger partial charge is 0.246 e. The Labute approximate surface area is 331 Å². The largest absolute Gasteiger partial charge is 0.457 e. The number of amides is 2. The average molecular weight is 805 g/mol. The molecule has 2 amide bonds. The van der Waals surface area contributed by atoms with E-state index in [0.717, 1.165) is 48.7 Å². The molecule has 0 bridgehead atoms. The fraction of sp³-hybridized carbons (Fsp3) is 0.415. The second-order valence-electron chi connectivity index (χ2n) is 13.9. The van der Waals surface area contributed by atoms with E-state index in [9.17, 15) is 26.4 Å². The van der Waals surface area contributed by atoms with Crippen molar-refractivity contribution in [1.29, 1.82) is 0 Å². The standard InChI is InChI=1S/C41H52N6O7S2/c1-7-39(48)44-19-23-46(24-20-44)55(50,51)32-15-18-35(38(29-32)56(52,53)47-25-21-45(22-26-47)40(49)8-2)41-33-16-13-30(42(9-3)10-4)27-36(33)54-37-28-31(14-17-34(37)41)43(11-5)12-6/h7-8,13-18,27-29,41H,1-2,9-12,19-26H2,3-6H3. The molecule has 0 unspecified atom stereocenters. The summed E-state index contributed by atoms with van der Waals surface area (Å²) in [6.07, 6.45) is 2.41. The lowest BCUT2D eigenvalue weighted by molar-refractivity contribution is -0.127. The Morgan fingerprint density at radius 3 is 1.45 bits per heavy atom. The van der Waals surface area contributed by atoms with E-state index in [1.165, 1.54) is 37.8 Å². The fourth-order valence-electron chi connectivity index (χ4n) is 7.87. The second kappa shape index (κ2) is 16.8. The molecule has 3 aromatic carbocycles. The van der Waals surface area contributed by atoms with Crippen LogP contribution in [0.25, 0.3) is 0 Å². The number of carbonyl (C=O) groups is 2. The van der Waals surface area contributed by atoms with E-state index in [0.29, 0.717) is 17.1 Å². The molecule has 6 rings (SSSR count). The molecular weight excluding hydrogens is 753 g/mol. The molecule has 3 aliphatic heterocycles. The Hall–Kier alpha value is -4.70. The summed E-state index contributed by atoms with van der Waals surface area (Å²) in [5, 5.41) is 0. The number of fused-ring (bicyclic) bond motifs is 2. The van der Waals surface area contributed by atoms with Crippen LogP contribution in [0.4, 0.5) is 11.4 Å². The highest BCUT2D eigenvalue weighted by molar-refractivity contribution is 7.90. The van der Waals surface area contributed by atoms with Gasteiger partial charge in [-0.25, -0.2) is 16.8 Å². The highest BCUT2D eigenvalue weighted by Crippen LogP contribution is 2.51. The van der Waals surface area contributed by atoms with E-state index >= 15 is 0 Å². The molecule has 0 N–H and O–H groups in total. The van der Waals surface area contributed by atoms with Crippen molar-refractivity contribution in [2.45, 2.75) is 43.4 Å². The number of piperazine rings is 2. The maximum Gasteiger partial charge on any atom is 0.246 e. The van der Waals surface area contributed by atoms with Gasteiger partial charge in [0.25, 0.3) is 0 Å². The summed E-state index contributed by atoms with van der Waals surface area (Å²) in [5.74, 6) is -0.0161. The van der Waals surface area contributed by atoms with Gasteiger partial charge >= 0.3 is 0 Å². The predicted octanol–water partition coefficient (Wildman–Crippen LogP) is 4.70. The third kappa shape index (κ3) is 7.69. The lowest BCUT2D eigenvalue weighted by atomic mass is 9.82. The van der Waals surface area contributed by atoms with Gasteiger partial charge in [0.1, 0.15) is 11.5 Å². The number of ether oxygens (including phenoxy) is 1. The molecule has 0 aliphatic carbocycles. The summed E-state index contributed by atoms with van der Waals surface area (Å²) < 4.78 is 67.7. The molecule has 2 saturated heterocycles. The summed E-state index contributed by atoms with van der Waals surface area (Å²) in [6.45, 7) is 19.4. The van der Waals surface area contributed by atoms with Crippen LogP contribution in [0.2, 0.25) is 0 Å². The molecule has 0 saturated carbocycles. The zero-order valence-corrected chi connectivity index (χ0v) is 34.3. The van der Waals surface area contributed by atoms with E-state index in [-0.39, 0.29) is 74.0 Å². The average Bonchev–Trinajstić information content (AvgIpc) is 3.22.